The Bertz CT molecular complexity index is 457. The predicted octanol–water partition coefficient (Wildman–Crippen LogP) is 3.69. The lowest BCUT2D eigenvalue weighted by Gasteiger charge is -2.22. The molecule has 0 aliphatic rings. The van der Waals surface area contributed by atoms with Crippen molar-refractivity contribution in [3.05, 3.63) is 34.9 Å². The number of rotatable bonds is 7. The van der Waals surface area contributed by atoms with Crippen LogP contribution in [0.15, 0.2) is 29.3 Å². The maximum absolute atomic E-state index is 10.2. The largest absolute Gasteiger partial charge is 0.386 e. The van der Waals surface area contributed by atoms with Crippen LogP contribution in [-0.4, -0.2) is 42.6 Å². The van der Waals surface area contributed by atoms with Crippen molar-refractivity contribution in [2.24, 2.45) is 4.99 Å². The van der Waals surface area contributed by atoms with Gasteiger partial charge in [0.15, 0.2) is 5.96 Å². The summed E-state index contributed by atoms with van der Waals surface area (Å²) in [5.41, 5.74) is 0.718. The monoisotopic (exact) mass is 439 g/mol. The van der Waals surface area contributed by atoms with Crippen molar-refractivity contribution in [1.82, 2.24) is 10.2 Å². The van der Waals surface area contributed by atoms with Gasteiger partial charge in [-0.2, -0.15) is 0 Å². The molecule has 2 N–H and O–H groups in total. The van der Waals surface area contributed by atoms with Gasteiger partial charge in [0.05, 0.1) is 6.54 Å². The zero-order valence-electron chi connectivity index (χ0n) is 13.6. The molecule has 0 bridgehead atoms. The molecule has 0 radical (unpaired) electrons. The van der Waals surface area contributed by atoms with Gasteiger partial charge in [0.1, 0.15) is 6.10 Å². The first-order chi connectivity index (χ1) is 10.1. The third-order valence-electron chi connectivity index (χ3n) is 3.22. The number of unbranched alkanes of at least 4 members (excludes halogenated alkanes) is 1. The Balaban J connectivity index is 0.00000441. The smallest absolute Gasteiger partial charge is 0.193 e. The van der Waals surface area contributed by atoms with E-state index in [0.717, 1.165) is 37.5 Å². The highest BCUT2D eigenvalue weighted by atomic mass is 127. The van der Waals surface area contributed by atoms with Gasteiger partial charge in [-0.3, -0.25) is 4.99 Å². The molecule has 0 aromatic heterocycles. The van der Waals surface area contributed by atoms with Crippen molar-refractivity contribution in [1.29, 1.82) is 0 Å². The van der Waals surface area contributed by atoms with E-state index >= 15 is 0 Å². The van der Waals surface area contributed by atoms with Gasteiger partial charge in [0, 0.05) is 30.7 Å². The van der Waals surface area contributed by atoms with Gasteiger partial charge in [0.2, 0.25) is 0 Å². The van der Waals surface area contributed by atoms with E-state index in [2.05, 4.69) is 22.1 Å². The van der Waals surface area contributed by atoms with Crippen LogP contribution in [0.25, 0.3) is 0 Å². The van der Waals surface area contributed by atoms with Crippen LogP contribution in [0.3, 0.4) is 0 Å². The molecule has 1 unspecified atom stereocenters. The number of aliphatic imine (C=N–C) groups is 1. The van der Waals surface area contributed by atoms with Crippen LogP contribution in [-0.2, 0) is 0 Å². The van der Waals surface area contributed by atoms with Crippen LogP contribution in [0.4, 0.5) is 0 Å². The highest BCUT2D eigenvalue weighted by molar-refractivity contribution is 14.0. The van der Waals surface area contributed by atoms with Crippen LogP contribution < -0.4 is 5.32 Å². The van der Waals surface area contributed by atoms with E-state index in [1.54, 1.807) is 6.07 Å². The molecule has 0 heterocycles. The highest BCUT2D eigenvalue weighted by Crippen LogP contribution is 2.22. The van der Waals surface area contributed by atoms with Crippen LogP contribution in [0, 0.1) is 0 Å². The van der Waals surface area contributed by atoms with Crippen molar-refractivity contribution < 1.29 is 5.11 Å². The van der Waals surface area contributed by atoms with Gasteiger partial charge in [-0.15, -0.1) is 24.0 Å². The Morgan fingerprint density at radius 3 is 2.64 bits per heavy atom. The molecule has 0 aliphatic heterocycles. The second kappa shape index (κ2) is 12.0. The van der Waals surface area contributed by atoms with Crippen molar-refractivity contribution in [3.63, 3.8) is 0 Å². The Morgan fingerprint density at radius 1 is 1.36 bits per heavy atom. The summed E-state index contributed by atoms with van der Waals surface area (Å²) in [6.45, 7) is 6.25. The van der Waals surface area contributed by atoms with E-state index in [1.807, 2.05) is 32.2 Å². The molecule has 0 aliphatic carbocycles. The molecular formula is C16H27ClIN3O. The van der Waals surface area contributed by atoms with Gasteiger partial charge in [0.25, 0.3) is 0 Å². The van der Waals surface area contributed by atoms with Crippen LogP contribution in [0.1, 0.15) is 38.4 Å². The van der Waals surface area contributed by atoms with Crippen molar-refractivity contribution in [2.75, 3.05) is 26.7 Å². The molecule has 126 valence electrons. The Kier molecular flexibility index (Phi) is 11.7. The summed E-state index contributed by atoms with van der Waals surface area (Å²) in [6, 6.07) is 7.33. The number of nitrogens with one attached hydrogen (secondary N) is 1. The minimum absolute atomic E-state index is 0. The fourth-order valence-electron chi connectivity index (χ4n) is 1.99. The Morgan fingerprint density at radius 2 is 2.05 bits per heavy atom. The fourth-order valence-corrected chi connectivity index (χ4v) is 2.25. The molecule has 1 atom stereocenters. The van der Waals surface area contributed by atoms with E-state index in [9.17, 15) is 5.11 Å². The summed E-state index contributed by atoms with van der Waals surface area (Å²) >= 11 is 6.09. The summed E-state index contributed by atoms with van der Waals surface area (Å²) < 4.78 is 0. The van der Waals surface area contributed by atoms with Crippen molar-refractivity contribution in [2.45, 2.75) is 32.8 Å². The van der Waals surface area contributed by atoms with Gasteiger partial charge in [-0.25, -0.2) is 0 Å². The van der Waals surface area contributed by atoms with Gasteiger partial charge in [-0.05, 0) is 19.4 Å². The fraction of sp³-hybridized carbons (Fsp3) is 0.562. The summed E-state index contributed by atoms with van der Waals surface area (Å²) in [5, 5.41) is 14.1. The van der Waals surface area contributed by atoms with Crippen LogP contribution >= 0.6 is 35.6 Å². The lowest BCUT2D eigenvalue weighted by Crippen LogP contribution is -2.39. The normalized spacial score (nSPS) is 12.5. The number of aliphatic hydroxyl groups is 1. The first-order valence-electron chi connectivity index (χ1n) is 7.52. The summed E-state index contributed by atoms with van der Waals surface area (Å²) in [7, 11) is 2.01. The average Bonchev–Trinajstić information content (AvgIpc) is 2.49. The molecule has 1 aromatic carbocycles. The molecule has 0 saturated heterocycles. The number of hydrogen-bond acceptors (Lipinski definition) is 2. The lowest BCUT2D eigenvalue weighted by molar-refractivity contribution is 0.187. The van der Waals surface area contributed by atoms with E-state index in [0.29, 0.717) is 11.6 Å². The SMILES string of the molecule is CCCCN(C)C(=NCC(O)c1ccccc1Cl)NCC.I. The van der Waals surface area contributed by atoms with Gasteiger partial charge >= 0.3 is 0 Å². The zero-order chi connectivity index (χ0) is 15.7. The van der Waals surface area contributed by atoms with Gasteiger partial charge in [-0.1, -0.05) is 43.1 Å². The molecule has 22 heavy (non-hydrogen) atoms. The summed E-state index contributed by atoms with van der Waals surface area (Å²) in [5.74, 6) is 0.817. The standard InChI is InChI=1S/C16H26ClN3O.HI/c1-4-6-11-20(3)16(18-5-2)19-12-15(21)13-9-7-8-10-14(13)17;/h7-10,15,21H,4-6,11-12H2,1-3H3,(H,18,19);1H. The number of halogens is 2. The minimum atomic E-state index is -0.688. The van der Waals surface area contributed by atoms with Crippen LogP contribution in [0.5, 0.6) is 0 Å². The Labute approximate surface area is 156 Å². The van der Waals surface area contributed by atoms with E-state index in [-0.39, 0.29) is 24.0 Å². The zero-order valence-corrected chi connectivity index (χ0v) is 16.6. The minimum Gasteiger partial charge on any atom is -0.386 e. The number of nitrogens with zero attached hydrogens (tertiary/aromatic N) is 2. The first-order valence-corrected chi connectivity index (χ1v) is 7.89. The molecular weight excluding hydrogens is 413 g/mol. The third-order valence-corrected chi connectivity index (χ3v) is 3.57. The molecule has 1 rings (SSSR count). The number of aliphatic hydroxyl groups excluding tert-OH is 1. The molecule has 0 amide bonds. The average molecular weight is 440 g/mol. The molecule has 6 heteroatoms. The van der Waals surface area contributed by atoms with E-state index in [1.165, 1.54) is 0 Å². The predicted molar refractivity (Wildman–Crippen MR) is 105 cm³/mol. The van der Waals surface area contributed by atoms with Crippen LogP contribution in [0.2, 0.25) is 5.02 Å². The molecule has 0 saturated carbocycles. The summed E-state index contributed by atoms with van der Waals surface area (Å²) in [4.78, 5) is 6.60. The first kappa shape index (κ1) is 21.5. The maximum Gasteiger partial charge on any atom is 0.193 e. The second-order valence-corrected chi connectivity index (χ2v) is 5.41. The van der Waals surface area contributed by atoms with Crippen molar-refractivity contribution >= 4 is 41.5 Å². The molecule has 4 nitrogen and oxygen atoms in total. The third kappa shape index (κ3) is 7.15. The number of guanidine groups is 1. The lowest BCUT2D eigenvalue weighted by atomic mass is 10.1. The van der Waals surface area contributed by atoms with E-state index in [4.69, 9.17) is 11.6 Å². The van der Waals surface area contributed by atoms with Gasteiger partial charge < -0.3 is 15.3 Å². The molecule has 0 fully saturated rings. The second-order valence-electron chi connectivity index (χ2n) is 5.01. The molecule has 1 aromatic rings. The molecule has 0 spiro atoms. The highest BCUT2D eigenvalue weighted by Gasteiger charge is 2.12. The summed E-state index contributed by atoms with van der Waals surface area (Å²) in [6.07, 6.45) is 1.58. The Hall–Kier alpha value is -0.530. The maximum atomic E-state index is 10.2. The quantitative estimate of drug-likeness (QED) is 0.387. The van der Waals surface area contributed by atoms with Crippen molar-refractivity contribution in [3.8, 4) is 0 Å². The topological polar surface area (TPSA) is 47.9 Å². The number of benzene rings is 1. The number of hydrogen-bond donors (Lipinski definition) is 2. The van der Waals surface area contributed by atoms with E-state index < -0.39 is 6.10 Å².